The number of oxazole rings is 1. The Bertz CT molecular complexity index is 1410. The number of allylic oxidation sites excluding steroid dienone is 1. The number of carbonyl (C=O) groups excluding carboxylic acids is 1. The van der Waals surface area contributed by atoms with Crippen molar-refractivity contribution >= 4 is 28.9 Å². The van der Waals surface area contributed by atoms with Gasteiger partial charge in [0.25, 0.3) is 0 Å². The summed E-state index contributed by atoms with van der Waals surface area (Å²) in [5.41, 5.74) is 3.94. The van der Waals surface area contributed by atoms with Gasteiger partial charge in [-0.3, -0.25) is 10.1 Å². The second-order valence-corrected chi connectivity index (χ2v) is 8.27. The molecule has 0 spiro atoms. The van der Waals surface area contributed by atoms with Crippen LogP contribution in [0.3, 0.4) is 0 Å². The standard InChI is InChI=1S/C27H22N4O3/c32-22-14-7-13-21-24(22)25(17-8-6-11-19(16-17)33-18-9-2-1-3-10-18)30-26(28-21)31-27-29-20-12-4-5-15-23(20)34-27/h1-6,8-12,15-16,25H,7,13-14H2,(H2,28,29,30,31). The highest BCUT2D eigenvalue weighted by molar-refractivity contribution is 6.03. The van der Waals surface area contributed by atoms with Crippen LogP contribution in [0.15, 0.2) is 99.5 Å². The van der Waals surface area contributed by atoms with Crippen molar-refractivity contribution in [3.63, 3.8) is 0 Å². The zero-order chi connectivity index (χ0) is 22.9. The highest BCUT2D eigenvalue weighted by Gasteiger charge is 2.33. The molecule has 1 aromatic heterocycles. The van der Waals surface area contributed by atoms with E-state index in [-0.39, 0.29) is 5.78 Å². The van der Waals surface area contributed by atoms with E-state index in [0.29, 0.717) is 35.3 Å². The predicted molar refractivity (Wildman–Crippen MR) is 130 cm³/mol. The largest absolute Gasteiger partial charge is 0.457 e. The van der Waals surface area contributed by atoms with Crippen molar-refractivity contribution < 1.29 is 13.9 Å². The SMILES string of the molecule is O=C1CCCC2=C1C(c1cccc(Oc3ccccc3)c1)N=C(Nc1nc3ccccc3o1)N2. The van der Waals surface area contributed by atoms with Crippen LogP contribution in [0.25, 0.3) is 11.1 Å². The molecule has 3 aromatic carbocycles. The van der Waals surface area contributed by atoms with Gasteiger partial charge in [0.1, 0.15) is 23.1 Å². The van der Waals surface area contributed by atoms with Crippen molar-refractivity contribution in [2.24, 2.45) is 4.99 Å². The van der Waals surface area contributed by atoms with Crippen LogP contribution in [-0.2, 0) is 4.79 Å². The van der Waals surface area contributed by atoms with Crippen molar-refractivity contribution in [1.82, 2.24) is 10.3 Å². The maximum absolute atomic E-state index is 12.9. The van der Waals surface area contributed by atoms with Gasteiger partial charge in [-0.1, -0.05) is 42.5 Å². The number of rotatable bonds is 4. The van der Waals surface area contributed by atoms with Gasteiger partial charge < -0.3 is 14.5 Å². The smallest absolute Gasteiger partial charge is 0.302 e. The molecule has 1 unspecified atom stereocenters. The minimum Gasteiger partial charge on any atom is -0.457 e. The van der Waals surface area contributed by atoms with E-state index in [1.807, 2.05) is 78.9 Å². The molecule has 0 bridgehead atoms. The lowest BCUT2D eigenvalue weighted by Gasteiger charge is -2.30. The van der Waals surface area contributed by atoms with E-state index >= 15 is 0 Å². The van der Waals surface area contributed by atoms with Crippen LogP contribution in [0.2, 0.25) is 0 Å². The summed E-state index contributed by atoms with van der Waals surface area (Å²) in [5.74, 6) is 2.06. The summed E-state index contributed by atoms with van der Waals surface area (Å²) in [4.78, 5) is 22.3. The number of benzene rings is 3. The number of hydrogen-bond donors (Lipinski definition) is 2. The van der Waals surface area contributed by atoms with E-state index in [9.17, 15) is 4.79 Å². The molecular formula is C27H22N4O3. The normalized spacial score (nSPS) is 17.7. The molecule has 2 heterocycles. The van der Waals surface area contributed by atoms with Crippen LogP contribution in [0.5, 0.6) is 11.5 Å². The van der Waals surface area contributed by atoms with E-state index in [1.54, 1.807) is 0 Å². The Morgan fingerprint density at radius 2 is 1.76 bits per heavy atom. The van der Waals surface area contributed by atoms with Crippen LogP contribution in [0, 0.1) is 0 Å². The van der Waals surface area contributed by atoms with Crippen LogP contribution >= 0.6 is 0 Å². The zero-order valence-corrected chi connectivity index (χ0v) is 18.3. The third-order valence-electron chi connectivity index (χ3n) is 5.93. The number of guanidine groups is 1. The number of nitrogens with one attached hydrogen (secondary N) is 2. The van der Waals surface area contributed by atoms with E-state index in [2.05, 4.69) is 15.6 Å². The molecule has 2 aliphatic rings. The van der Waals surface area contributed by atoms with Crippen LogP contribution in [-0.4, -0.2) is 16.7 Å². The zero-order valence-electron chi connectivity index (χ0n) is 18.3. The Hall–Kier alpha value is -4.39. The van der Waals surface area contributed by atoms with Gasteiger partial charge in [0, 0.05) is 17.7 Å². The van der Waals surface area contributed by atoms with E-state index in [4.69, 9.17) is 14.1 Å². The van der Waals surface area contributed by atoms with Crippen molar-refractivity contribution in [1.29, 1.82) is 0 Å². The van der Waals surface area contributed by atoms with Crippen molar-refractivity contribution in [3.8, 4) is 11.5 Å². The number of anilines is 1. The first-order valence-corrected chi connectivity index (χ1v) is 11.3. The fourth-order valence-electron chi connectivity index (χ4n) is 4.38. The molecule has 0 radical (unpaired) electrons. The van der Waals surface area contributed by atoms with Gasteiger partial charge in [0.2, 0.25) is 5.96 Å². The molecule has 0 fully saturated rings. The average Bonchev–Trinajstić information content (AvgIpc) is 3.27. The van der Waals surface area contributed by atoms with E-state index in [0.717, 1.165) is 35.4 Å². The van der Waals surface area contributed by atoms with Gasteiger partial charge in [-0.2, -0.15) is 4.98 Å². The molecule has 0 saturated heterocycles. The Balaban J connectivity index is 1.35. The molecule has 4 aromatic rings. The maximum atomic E-state index is 12.9. The lowest BCUT2D eigenvalue weighted by molar-refractivity contribution is -0.116. The molecule has 0 amide bonds. The predicted octanol–water partition coefficient (Wildman–Crippen LogP) is 5.74. The molecule has 7 heteroatoms. The van der Waals surface area contributed by atoms with Crippen LogP contribution in [0.1, 0.15) is 30.9 Å². The number of carbonyl (C=O) groups is 1. The molecule has 0 saturated carbocycles. The quantitative estimate of drug-likeness (QED) is 0.412. The van der Waals surface area contributed by atoms with E-state index in [1.165, 1.54) is 0 Å². The fraction of sp³-hybridized carbons (Fsp3) is 0.148. The Morgan fingerprint density at radius 1 is 0.941 bits per heavy atom. The van der Waals surface area contributed by atoms with Crippen molar-refractivity contribution in [3.05, 3.63) is 95.7 Å². The molecule has 1 aliphatic heterocycles. The Kier molecular flexibility index (Phi) is 5.07. The number of aromatic nitrogens is 1. The second kappa shape index (κ2) is 8.51. The van der Waals surface area contributed by atoms with Crippen molar-refractivity contribution in [2.75, 3.05) is 5.32 Å². The number of ketones is 1. The van der Waals surface area contributed by atoms with Gasteiger partial charge in [-0.25, -0.2) is 4.99 Å². The molecule has 7 nitrogen and oxygen atoms in total. The number of para-hydroxylation sites is 3. The number of aliphatic imine (C=N–C) groups is 1. The molecule has 2 N–H and O–H groups in total. The number of hydrogen-bond acceptors (Lipinski definition) is 7. The maximum Gasteiger partial charge on any atom is 0.302 e. The molecule has 34 heavy (non-hydrogen) atoms. The summed E-state index contributed by atoms with van der Waals surface area (Å²) >= 11 is 0. The summed E-state index contributed by atoms with van der Waals surface area (Å²) in [6.07, 6.45) is 2.12. The summed E-state index contributed by atoms with van der Waals surface area (Å²) < 4.78 is 11.8. The van der Waals surface area contributed by atoms with Crippen LogP contribution < -0.4 is 15.4 Å². The minimum atomic E-state index is -0.449. The highest BCUT2D eigenvalue weighted by Crippen LogP contribution is 2.38. The third-order valence-corrected chi connectivity index (χ3v) is 5.93. The molecule has 1 atom stereocenters. The lowest BCUT2D eigenvalue weighted by Crippen LogP contribution is -2.38. The number of Topliss-reactive ketones (excluding diaryl/α,β-unsaturated/α-hetero) is 1. The Labute approximate surface area is 196 Å². The molecular weight excluding hydrogens is 428 g/mol. The van der Waals surface area contributed by atoms with Gasteiger partial charge in [-0.15, -0.1) is 0 Å². The second-order valence-electron chi connectivity index (χ2n) is 8.27. The first-order valence-electron chi connectivity index (χ1n) is 11.3. The van der Waals surface area contributed by atoms with Gasteiger partial charge in [0.05, 0.1) is 0 Å². The monoisotopic (exact) mass is 450 g/mol. The van der Waals surface area contributed by atoms with E-state index < -0.39 is 6.04 Å². The van der Waals surface area contributed by atoms with Gasteiger partial charge in [0.15, 0.2) is 11.4 Å². The van der Waals surface area contributed by atoms with Crippen molar-refractivity contribution in [2.45, 2.75) is 25.3 Å². The average molecular weight is 450 g/mol. The topological polar surface area (TPSA) is 88.8 Å². The molecule has 6 rings (SSSR count). The Morgan fingerprint density at radius 3 is 2.65 bits per heavy atom. The first-order chi connectivity index (χ1) is 16.7. The number of ether oxygens (including phenoxy) is 1. The summed E-state index contributed by atoms with van der Waals surface area (Å²) in [6.45, 7) is 0. The first kappa shape index (κ1) is 20.2. The summed E-state index contributed by atoms with van der Waals surface area (Å²) in [6, 6.07) is 24.8. The summed E-state index contributed by atoms with van der Waals surface area (Å²) in [7, 11) is 0. The molecule has 168 valence electrons. The fourth-order valence-corrected chi connectivity index (χ4v) is 4.38. The highest BCUT2D eigenvalue weighted by atomic mass is 16.5. The number of nitrogens with zero attached hydrogens (tertiary/aromatic N) is 2. The third kappa shape index (κ3) is 3.92. The van der Waals surface area contributed by atoms with Crippen LogP contribution in [0.4, 0.5) is 6.01 Å². The minimum absolute atomic E-state index is 0.123. The van der Waals surface area contributed by atoms with Gasteiger partial charge in [-0.05, 0) is 54.8 Å². The lowest BCUT2D eigenvalue weighted by atomic mass is 9.86. The number of fused-ring (bicyclic) bond motifs is 1. The summed E-state index contributed by atoms with van der Waals surface area (Å²) in [5, 5.41) is 6.46. The van der Waals surface area contributed by atoms with Gasteiger partial charge >= 0.3 is 6.01 Å². The molecule has 1 aliphatic carbocycles.